The van der Waals surface area contributed by atoms with E-state index in [2.05, 4.69) is 21.2 Å². The van der Waals surface area contributed by atoms with E-state index in [0.717, 1.165) is 10.0 Å². The number of nitro groups is 1. The Kier molecular flexibility index (Phi) is 5.70. The molecule has 0 heterocycles. The number of ether oxygens (including phenoxy) is 1. The van der Waals surface area contributed by atoms with Gasteiger partial charge in [-0.2, -0.15) is 0 Å². The summed E-state index contributed by atoms with van der Waals surface area (Å²) in [6.45, 7) is 1.75. The van der Waals surface area contributed by atoms with Crippen molar-refractivity contribution < 1.29 is 14.5 Å². The summed E-state index contributed by atoms with van der Waals surface area (Å²) in [6.07, 6.45) is 2.88. The van der Waals surface area contributed by atoms with Crippen LogP contribution in [0.15, 0.2) is 46.9 Å². The summed E-state index contributed by atoms with van der Waals surface area (Å²) < 4.78 is 6.07. The molecule has 124 valence electrons. The average molecular weight is 391 g/mol. The second-order valence-electron chi connectivity index (χ2n) is 4.99. The molecule has 1 N–H and O–H groups in total. The summed E-state index contributed by atoms with van der Waals surface area (Å²) in [5, 5.41) is 13.6. The fourth-order valence-corrected chi connectivity index (χ4v) is 2.45. The number of benzene rings is 2. The monoisotopic (exact) mass is 390 g/mol. The first-order valence-corrected chi connectivity index (χ1v) is 7.77. The van der Waals surface area contributed by atoms with Crippen LogP contribution < -0.4 is 10.1 Å². The molecule has 6 nitrogen and oxygen atoms in total. The molecule has 0 spiro atoms. The van der Waals surface area contributed by atoms with Gasteiger partial charge in [-0.15, -0.1) is 0 Å². The zero-order valence-corrected chi connectivity index (χ0v) is 14.7. The maximum Gasteiger partial charge on any atom is 0.293 e. The van der Waals surface area contributed by atoms with Crippen LogP contribution in [-0.4, -0.2) is 17.9 Å². The van der Waals surface area contributed by atoms with Gasteiger partial charge in [-0.1, -0.05) is 22.0 Å². The van der Waals surface area contributed by atoms with Crippen LogP contribution in [0.5, 0.6) is 5.75 Å². The molecule has 0 atom stereocenters. The van der Waals surface area contributed by atoms with Gasteiger partial charge in [-0.3, -0.25) is 14.9 Å². The predicted molar refractivity (Wildman–Crippen MR) is 96.2 cm³/mol. The van der Waals surface area contributed by atoms with Crippen molar-refractivity contribution in [1.29, 1.82) is 0 Å². The number of rotatable bonds is 5. The zero-order chi connectivity index (χ0) is 17.7. The van der Waals surface area contributed by atoms with E-state index >= 15 is 0 Å². The molecule has 1 amide bonds. The standard InChI is InChI=1S/C17H15BrN2O4/c1-11-3-6-14(15(9-11)20(22)23)19-17(21)8-4-12-10-13(18)5-7-16(12)24-2/h3-10H,1-2H3,(H,19,21)/b8-4+. The average Bonchev–Trinajstić information content (AvgIpc) is 2.54. The molecular formula is C17H15BrN2O4. The van der Waals surface area contributed by atoms with Crippen molar-refractivity contribution in [3.63, 3.8) is 0 Å². The fourth-order valence-electron chi connectivity index (χ4n) is 2.07. The molecule has 2 aromatic rings. The van der Waals surface area contributed by atoms with Crippen LogP contribution in [-0.2, 0) is 4.79 Å². The smallest absolute Gasteiger partial charge is 0.293 e. The summed E-state index contributed by atoms with van der Waals surface area (Å²) in [7, 11) is 1.54. The Bertz CT molecular complexity index is 818. The van der Waals surface area contributed by atoms with Gasteiger partial charge in [0.15, 0.2) is 0 Å². The van der Waals surface area contributed by atoms with E-state index < -0.39 is 10.8 Å². The highest BCUT2D eigenvalue weighted by atomic mass is 79.9. The Balaban J connectivity index is 2.20. The van der Waals surface area contributed by atoms with Gasteiger partial charge in [0.25, 0.3) is 5.69 Å². The van der Waals surface area contributed by atoms with E-state index in [9.17, 15) is 14.9 Å². The summed E-state index contributed by atoms with van der Waals surface area (Å²) in [4.78, 5) is 22.6. The quantitative estimate of drug-likeness (QED) is 0.468. The van der Waals surface area contributed by atoms with Crippen molar-refractivity contribution >= 4 is 39.3 Å². The molecule has 0 saturated heterocycles. The van der Waals surface area contributed by atoms with E-state index in [1.807, 2.05) is 6.07 Å². The predicted octanol–water partition coefficient (Wildman–Crippen LogP) is 4.33. The second-order valence-corrected chi connectivity index (χ2v) is 5.90. The van der Waals surface area contributed by atoms with Crippen LogP contribution >= 0.6 is 15.9 Å². The van der Waals surface area contributed by atoms with Gasteiger partial charge in [0.05, 0.1) is 12.0 Å². The number of nitrogens with zero attached hydrogens (tertiary/aromatic N) is 1. The maximum atomic E-state index is 12.1. The van der Waals surface area contributed by atoms with E-state index in [0.29, 0.717) is 11.3 Å². The lowest BCUT2D eigenvalue weighted by atomic mass is 10.1. The molecule has 0 aliphatic carbocycles. The number of anilines is 1. The molecule has 0 aromatic heterocycles. The highest BCUT2D eigenvalue weighted by molar-refractivity contribution is 9.10. The molecule has 24 heavy (non-hydrogen) atoms. The minimum Gasteiger partial charge on any atom is -0.496 e. The Hall–Kier alpha value is -2.67. The summed E-state index contributed by atoms with van der Waals surface area (Å²) in [5.74, 6) is 0.146. The van der Waals surface area contributed by atoms with Crippen molar-refractivity contribution in [3.05, 3.63) is 68.2 Å². The second kappa shape index (κ2) is 7.74. The summed E-state index contributed by atoms with van der Waals surface area (Å²) in [5.41, 5.74) is 1.47. The van der Waals surface area contributed by atoms with Crippen molar-refractivity contribution in [2.75, 3.05) is 12.4 Å². The first kappa shape index (κ1) is 17.7. The third kappa shape index (κ3) is 4.42. The van der Waals surface area contributed by atoms with Crippen LogP contribution in [0.2, 0.25) is 0 Å². The molecule has 2 rings (SSSR count). The summed E-state index contributed by atoms with van der Waals surface area (Å²) in [6, 6.07) is 10.0. The number of methoxy groups -OCH3 is 1. The first-order valence-electron chi connectivity index (χ1n) is 6.98. The number of hydrogen-bond donors (Lipinski definition) is 1. The molecule has 0 aliphatic rings. The lowest BCUT2D eigenvalue weighted by molar-refractivity contribution is -0.384. The molecule has 0 bridgehead atoms. The van der Waals surface area contributed by atoms with Crippen LogP contribution in [0.3, 0.4) is 0 Å². The number of halogens is 1. The molecule has 2 aromatic carbocycles. The molecule has 0 aliphatic heterocycles. The number of carbonyl (C=O) groups excluding carboxylic acids is 1. The molecular weight excluding hydrogens is 376 g/mol. The fraction of sp³-hybridized carbons (Fsp3) is 0.118. The Morgan fingerprint density at radius 1 is 1.29 bits per heavy atom. The Morgan fingerprint density at radius 3 is 2.71 bits per heavy atom. The number of hydrogen-bond acceptors (Lipinski definition) is 4. The van der Waals surface area contributed by atoms with Crippen LogP contribution in [0, 0.1) is 17.0 Å². The minimum atomic E-state index is -0.524. The normalized spacial score (nSPS) is 10.6. The van der Waals surface area contributed by atoms with Gasteiger partial charge in [0.1, 0.15) is 11.4 Å². The van der Waals surface area contributed by atoms with Crippen LogP contribution in [0.4, 0.5) is 11.4 Å². The third-order valence-corrected chi connectivity index (χ3v) is 3.71. The number of nitro benzene ring substituents is 1. The van der Waals surface area contributed by atoms with Gasteiger partial charge in [-0.25, -0.2) is 0 Å². The Labute approximate surface area is 147 Å². The Morgan fingerprint density at radius 2 is 2.04 bits per heavy atom. The van der Waals surface area contributed by atoms with Gasteiger partial charge >= 0.3 is 0 Å². The van der Waals surface area contributed by atoms with Crippen LogP contribution in [0.25, 0.3) is 6.08 Å². The number of amides is 1. The van der Waals surface area contributed by atoms with Crippen molar-refractivity contribution in [3.8, 4) is 5.75 Å². The largest absolute Gasteiger partial charge is 0.496 e. The minimum absolute atomic E-state index is 0.142. The molecule has 7 heteroatoms. The van der Waals surface area contributed by atoms with E-state index in [-0.39, 0.29) is 11.4 Å². The third-order valence-electron chi connectivity index (χ3n) is 3.21. The lowest BCUT2D eigenvalue weighted by Gasteiger charge is -2.06. The van der Waals surface area contributed by atoms with E-state index in [1.165, 1.54) is 25.3 Å². The molecule has 0 radical (unpaired) electrons. The molecule has 0 saturated carbocycles. The number of carbonyl (C=O) groups is 1. The van der Waals surface area contributed by atoms with Gasteiger partial charge in [0, 0.05) is 22.2 Å². The SMILES string of the molecule is COc1ccc(Br)cc1/C=C/C(=O)Nc1ccc(C)cc1[N+](=O)[O-]. The van der Waals surface area contributed by atoms with Gasteiger partial charge in [0.2, 0.25) is 5.91 Å². The van der Waals surface area contributed by atoms with Crippen molar-refractivity contribution in [1.82, 2.24) is 0 Å². The number of aryl methyl sites for hydroxylation is 1. The molecule has 0 fully saturated rings. The summed E-state index contributed by atoms with van der Waals surface area (Å²) >= 11 is 3.35. The highest BCUT2D eigenvalue weighted by Crippen LogP contribution is 2.26. The van der Waals surface area contributed by atoms with E-state index in [1.54, 1.807) is 31.2 Å². The first-order chi connectivity index (χ1) is 11.4. The van der Waals surface area contributed by atoms with Crippen molar-refractivity contribution in [2.24, 2.45) is 0 Å². The lowest BCUT2D eigenvalue weighted by Crippen LogP contribution is -2.09. The number of nitrogens with one attached hydrogen (secondary N) is 1. The maximum absolute atomic E-state index is 12.1. The van der Waals surface area contributed by atoms with Crippen molar-refractivity contribution in [2.45, 2.75) is 6.92 Å². The zero-order valence-electron chi connectivity index (χ0n) is 13.1. The van der Waals surface area contributed by atoms with Gasteiger partial charge < -0.3 is 10.1 Å². The highest BCUT2D eigenvalue weighted by Gasteiger charge is 2.15. The molecule has 0 unspecified atom stereocenters. The van der Waals surface area contributed by atoms with Crippen LogP contribution in [0.1, 0.15) is 11.1 Å². The van der Waals surface area contributed by atoms with E-state index in [4.69, 9.17) is 4.74 Å². The topological polar surface area (TPSA) is 81.5 Å². The van der Waals surface area contributed by atoms with Gasteiger partial charge in [-0.05, 0) is 42.8 Å².